The van der Waals surface area contributed by atoms with Gasteiger partial charge in [-0.1, -0.05) is 6.07 Å². The second-order valence-electron chi connectivity index (χ2n) is 6.73. The Morgan fingerprint density at radius 3 is 2.81 bits per heavy atom. The van der Waals surface area contributed by atoms with E-state index in [0.29, 0.717) is 17.1 Å². The first-order valence-corrected chi connectivity index (χ1v) is 9.03. The van der Waals surface area contributed by atoms with Gasteiger partial charge in [0.05, 0.1) is 0 Å². The number of pyridine rings is 1. The lowest BCUT2D eigenvalue weighted by Crippen LogP contribution is -2.45. The molecule has 1 saturated heterocycles. The standard InChI is InChI=1S/C19H19N5O3/c25-18(13-4-5-15-16(11-13)27-12-26-15)20-14-6-9-23(10-7-14)19-22-21-17-3-1-2-8-24(17)19/h1-5,8,11,14H,6-7,9-10,12H2,(H,20,25). The average molecular weight is 365 g/mol. The third-order valence-corrected chi connectivity index (χ3v) is 5.04. The van der Waals surface area contributed by atoms with Crippen LogP contribution >= 0.6 is 0 Å². The summed E-state index contributed by atoms with van der Waals surface area (Å²) < 4.78 is 12.6. The fourth-order valence-electron chi connectivity index (χ4n) is 3.57. The number of carbonyl (C=O) groups excluding carboxylic acids is 1. The van der Waals surface area contributed by atoms with Crippen LogP contribution in [0.4, 0.5) is 5.95 Å². The third-order valence-electron chi connectivity index (χ3n) is 5.04. The van der Waals surface area contributed by atoms with Crippen LogP contribution in [0.15, 0.2) is 42.6 Å². The van der Waals surface area contributed by atoms with E-state index < -0.39 is 0 Å². The molecule has 4 heterocycles. The number of nitrogens with one attached hydrogen (secondary N) is 1. The molecule has 0 unspecified atom stereocenters. The monoisotopic (exact) mass is 365 g/mol. The highest BCUT2D eigenvalue weighted by atomic mass is 16.7. The van der Waals surface area contributed by atoms with Gasteiger partial charge in [-0.15, -0.1) is 10.2 Å². The van der Waals surface area contributed by atoms with Crippen molar-refractivity contribution in [1.29, 1.82) is 0 Å². The van der Waals surface area contributed by atoms with Crippen LogP contribution in [0.1, 0.15) is 23.2 Å². The number of fused-ring (bicyclic) bond motifs is 2. The molecule has 2 aromatic heterocycles. The van der Waals surface area contributed by atoms with E-state index in [1.807, 2.05) is 28.8 Å². The number of rotatable bonds is 3. The molecule has 5 rings (SSSR count). The van der Waals surface area contributed by atoms with Crippen LogP contribution in [0.5, 0.6) is 11.5 Å². The molecule has 0 spiro atoms. The van der Waals surface area contributed by atoms with E-state index in [1.165, 1.54) is 0 Å². The van der Waals surface area contributed by atoms with Crippen molar-refractivity contribution in [2.24, 2.45) is 0 Å². The predicted octanol–water partition coefficient (Wildman–Crippen LogP) is 1.86. The van der Waals surface area contributed by atoms with Gasteiger partial charge in [-0.05, 0) is 43.2 Å². The molecule has 0 atom stereocenters. The van der Waals surface area contributed by atoms with Crippen molar-refractivity contribution < 1.29 is 14.3 Å². The molecule has 3 aromatic rings. The SMILES string of the molecule is O=C(NC1CCN(c2nnc3ccccn23)CC1)c1ccc2c(c1)OCO2. The Balaban J connectivity index is 1.22. The first kappa shape index (κ1) is 15.9. The summed E-state index contributed by atoms with van der Waals surface area (Å²) in [6.07, 6.45) is 3.69. The molecule has 2 aliphatic rings. The highest BCUT2D eigenvalue weighted by Gasteiger charge is 2.24. The fraction of sp³-hybridized carbons (Fsp3) is 0.316. The maximum Gasteiger partial charge on any atom is 0.251 e. The maximum absolute atomic E-state index is 12.6. The van der Waals surface area contributed by atoms with E-state index in [1.54, 1.807) is 18.2 Å². The van der Waals surface area contributed by atoms with Gasteiger partial charge in [0, 0.05) is 30.9 Å². The third kappa shape index (κ3) is 2.92. The molecule has 138 valence electrons. The van der Waals surface area contributed by atoms with E-state index in [4.69, 9.17) is 9.47 Å². The highest BCUT2D eigenvalue weighted by molar-refractivity contribution is 5.95. The van der Waals surface area contributed by atoms with Crippen LogP contribution in [-0.2, 0) is 0 Å². The first-order chi connectivity index (χ1) is 13.3. The molecule has 2 aliphatic heterocycles. The first-order valence-electron chi connectivity index (χ1n) is 9.03. The number of nitrogens with zero attached hydrogens (tertiary/aromatic N) is 4. The van der Waals surface area contributed by atoms with Crippen LogP contribution in [0.2, 0.25) is 0 Å². The summed E-state index contributed by atoms with van der Waals surface area (Å²) in [5, 5.41) is 11.6. The normalized spacial score (nSPS) is 16.7. The molecule has 8 heteroatoms. The number of ether oxygens (including phenoxy) is 2. The number of hydrogen-bond donors (Lipinski definition) is 1. The summed E-state index contributed by atoms with van der Waals surface area (Å²) in [7, 11) is 0. The van der Waals surface area contributed by atoms with Gasteiger partial charge in [-0.2, -0.15) is 0 Å². The molecule has 0 bridgehead atoms. The number of anilines is 1. The highest BCUT2D eigenvalue weighted by Crippen LogP contribution is 2.32. The van der Waals surface area contributed by atoms with Crippen molar-refractivity contribution in [1.82, 2.24) is 19.9 Å². The molecular formula is C19H19N5O3. The fourth-order valence-corrected chi connectivity index (χ4v) is 3.57. The summed E-state index contributed by atoms with van der Waals surface area (Å²) in [5.41, 5.74) is 1.43. The van der Waals surface area contributed by atoms with Crippen molar-refractivity contribution in [2.45, 2.75) is 18.9 Å². The Labute approximate surface area is 155 Å². The maximum atomic E-state index is 12.6. The van der Waals surface area contributed by atoms with Gasteiger partial charge in [-0.3, -0.25) is 9.20 Å². The Hall–Kier alpha value is -3.29. The van der Waals surface area contributed by atoms with Crippen LogP contribution in [0.25, 0.3) is 5.65 Å². The summed E-state index contributed by atoms with van der Waals surface area (Å²) in [6, 6.07) is 11.3. The lowest BCUT2D eigenvalue weighted by molar-refractivity contribution is 0.0930. The van der Waals surface area contributed by atoms with Gasteiger partial charge < -0.3 is 19.7 Å². The largest absolute Gasteiger partial charge is 0.454 e. The van der Waals surface area contributed by atoms with Crippen LogP contribution in [0.3, 0.4) is 0 Å². The number of benzene rings is 1. The number of aromatic nitrogens is 3. The van der Waals surface area contributed by atoms with E-state index in [0.717, 1.165) is 37.5 Å². The number of amides is 1. The van der Waals surface area contributed by atoms with Crippen molar-refractivity contribution >= 4 is 17.5 Å². The van der Waals surface area contributed by atoms with Gasteiger partial charge in [0.2, 0.25) is 12.7 Å². The van der Waals surface area contributed by atoms with Gasteiger partial charge in [0.25, 0.3) is 5.91 Å². The molecule has 1 aromatic carbocycles. The minimum atomic E-state index is -0.0836. The molecule has 0 aliphatic carbocycles. The molecular weight excluding hydrogens is 346 g/mol. The molecule has 1 amide bonds. The van der Waals surface area contributed by atoms with Gasteiger partial charge in [0.15, 0.2) is 17.1 Å². The van der Waals surface area contributed by atoms with Crippen molar-refractivity contribution in [3.8, 4) is 11.5 Å². The summed E-state index contributed by atoms with van der Waals surface area (Å²) in [6.45, 7) is 1.85. The molecule has 0 radical (unpaired) electrons. The zero-order valence-corrected chi connectivity index (χ0v) is 14.7. The predicted molar refractivity (Wildman–Crippen MR) is 98.3 cm³/mol. The summed E-state index contributed by atoms with van der Waals surface area (Å²) >= 11 is 0. The summed E-state index contributed by atoms with van der Waals surface area (Å²) in [5.74, 6) is 2.07. The second kappa shape index (κ2) is 6.46. The van der Waals surface area contributed by atoms with Crippen molar-refractivity contribution in [3.63, 3.8) is 0 Å². The molecule has 0 saturated carbocycles. The molecule has 8 nitrogen and oxygen atoms in total. The Kier molecular flexibility index (Phi) is 3.81. The quantitative estimate of drug-likeness (QED) is 0.763. The molecule has 1 N–H and O–H groups in total. The smallest absolute Gasteiger partial charge is 0.251 e. The van der Waals surface area contributed by atoms with Crippen LogP contribution in [0, 0.1) is 0 Å². The van der Waals surface area contributed by atoms with Gasteiger partial charge in [-0.25, -0.2) is 0 Å². The average Bonchev–Trinajstić information content (AvgIpc) is 3.35. The van der Waals surface area contributed by atoms with Crippen molar-refractivity contribution in [2.75, 3.05) is 24.8 Å². The van der Waals surface area contributed by atoms with Crippen LogP contribution in [-0.4, -0.2) is 46.4 Å². The zero-order chi connectivity index (χ0) is 18.2. The van der Waals surface area contributed by atoms with E-state index in [9.17, 15) is 4.79 Å². The van der Waals surface area contributed by atoms with Crippen LogP contribution < -0.4 is 19.7 Å². The Morgan fingerprint density at radius 1 is 1.07 bits per heavy atom. The topological polar surface area (TPSA) is 81.0 Å². The Bertz CT molecular complexity index is 994. The molecule has 27 heavy (non-hydrogen) atoms. The van der Waals surface area contributed by atoms with Gasteiger partial charge >= 0.3 is 0 Å². The number of piperidine rings is 1. The van der Waals surface area contributed by atoms with Crippen molar-refractivity contribution in [3.05, 3.63) is 48.2 Å². The lowest BCUT2D eigenvalue weighted by atomic mass is 10.0. The second-order valence-corrected chi connectivity index (χ2v) is 6.73. The number of hydrogen-bond acceptors (Lipinski definition) is 6. The van der Waals surface area contributed by atoms with E-state index in [2.05, 4.69) is 20.4 Å². The minimum Gasteiger partial charge on any atom is -0.454 e. The van der Waals surface area contributed by atoms with E-state index >= 15 is 0 Å². The minimum absolute atomic E-state index is 0.0836. The van der Waals surface area contributed by atoms with Gasteiger partial charge in [0.1, 0.15) is 0 Å². The lowest BCUT2D eigenvalue weighted by Gasteiger charge is -2.32. The van der Waals surface area contributed by atoms with E-state index in [-0.39, 0.29) is 18.7 Å². The number of carbonyl (C=O) groups is 1. The molecule has 1 fully saturated rings. The Morgan fingerprint density at radius 2 is 1.93 bits per heavy atom. The summed E-state index contributed by atoms with van der Waals surface area (Å²) in [4.78, 5) is 14.8. The zero-order valence-electron chi connectivity index (χ0n) is 14.7.